The van der Waals surface area contributed by atoms with Gasteiger partial charge in [0.1, 0.15) is 6.04 Å². The second-order valence-electron chi connectivity index (χ2n) is 7.14. The van der Waals surface area contributed by atoms with E-state index in [-0.39, 0.29) is 24.9 Å². The van der Waals surface area contributed by atoms with Gasteiger partial charge in [-0.25, -0.2) is 0 Å². The van der Waals surface area contributed by atoms with Crippen LogP contribution in [-0.2, 0) is 11.2 Å². The molecule has 0 saturated carbocycles. The molecule has 1 aliphatic heterocycles. The maximum atomic E-state index is 12.9. The van der Waals surface area contributed by atoms with Crippen LogP contribution in [0.2, 0.25) is 0 Å². The number of likely N-dealkylation sites (tertiary alicyclic amines) is 1. The van der Waals surface area contributed by atoms with E-state index in [1.807, 2.05) is 54.6 Å². The first kappa shape index (κ1) is 18.9. The Balaban J connectivity index is 1.65. The van der Waals surface area contributed by atoms with E-state index in [1.54, 1.807) is 24.5 Å². The molecule has 1 N–H and O–H groups in total. The van der Waals surface area contributed by atoms with Crippen molar-refractivity contribution in [2.45, 2.75) is 24.4 Å². The Kier molecular flexibility index (Phi) is 5.37. The Morgan fingerprint density at radius 2 is 1.72 bits per heavy atom. The van der Waals surface area contributed by atoms with Crippen LogP contribution in [0.5, 0.6) is 0 Å². The Morgan fingerprint density at radius 1 is 1.03 bits per heavy atom. The van der Waals surface area contributed by atoms with Crippen molar-refractivity contribution in [2.75, 3.05) is 6.61 Å². The van der Waals surface area contributed by atoms with Gasteiger partial charge in [-0.05, 0) is 34.4 Å². The lowest BCUT2D eigenvalue weighted by molar-refractivity contribution is -0.146. The fourth-order valence-corrected chi connectivity index (χ4v) is 4.16. The normalized spacial score (nSPS) is 20.6. The van der Waals surface area contributed by atoms with Crippen LogP contribution in [0.15, 0.2) is 79.1 Å². The molecular formula is C24H21N3O2. The van der Waals surface area contributed by atoms with Crippen molar-refractivity contribution in [3.63, 3.8) is 0 Å². The molecule has 3 aromatic rings. The summed E-state index contributed by atoms with van der Waals surface area (Å²) in [4.78, 5) is 18.4. The summed E-state index contributed by atoms with van der Waals surface area (Å²) in [7, 11) is 0. The largest absolute Gasteiger partial charge is 0.394 e. The number of aliphatic hydroxyl groups is 1. The van der Waals surface area contributed by atoms with Gasteiger partial charge < -0.3 is 10.0 Å². The van der Waals surface area contributed by atoms with Gasteiger partial charge in [0, 0.05) is 18.3 Å². The molecule has 5 nitrogen and oxygen atoms in total. The average molecular weight is 383 g/mol. The fraction of sp³-hybridized carbons (Fsp3) is 0.208. The van der Waals surface area contributed by atoms with E-state index in [0.29, 0.717) is 0 Å². The molecule has 4 rings (SSSR count). The van der Waals surface area contributed by atoms with Crippen LogP contribution in [0.1, 0.15) is 17.0 Å². The van der Waals surface area contributed by atoms with Crippen molar-refractivity contribution in [3.8, 4) is 17.2 Å². The molecule has 144 valence electrons. The van der Waals surface area contributed by atoms with Crippen molar-refractivity contribution >= 4 is 5.91 Å². The summed E-state index contributed by atoms with van der Waals surface area (Å²) in [5.74, 6) is -0.391. The summed E-state index contributed by atoms with van der Waals surface area (Å²) >= 11 is 0. The summed E-state index contributed by atoms with van der Waals surface area (Å²) in [5.41, 5.74) is 3.90. The molecule has 1 amide bonds. The van der Waals surface area contributed by atoms with Gasteiger partial charge in [0.2, 0.25) is 5.91 Å². The molecule has 0 spiro atoms. The number of nitriles is 1. The lowest BCUT2D eigenvalue weighted by Gasteiger charge is -2.52. The third-order valence-electron chi connectivity index (χ3n) is 5.53. The lowest BCUT2D eigenvalue weighted by atomic mass is 9.73. The topological polar surface area (TPSA) is 77.2 Å². The molecule has 0 radical (unpaired) electrons. The summed E-state index contributed by atoms with van der Waals surface area (Å²) in [6, 6.07) is 22.7. The minimum Gasteiger partial charge on any atom is -0.394 e. The first-order chi connectivity index (χ1) is 14.2. The standard InChI is InChI=1S/C24H21N3O2/c25-15-21-24(20-9-5-4-8-19(20)18-6-2-1-3-7-18)22(16-28)27(21)23(29)14-17-10-12-26-13-11-17/h1-13,21-22,24,28H,14,16H2/t21-,22+,24+/m0/s1. The smallest absolute Gasteiger partial charge is 0.228 e. The van der Waals surface area contributed by atoms with E-state index < -0.39 is 12.1 Å². The molecule has 2 aromatic carbocycles. The SMILES string of the molecule is N#C[C@H]1[C@@H](c2ccccc2-c2ccccc2)[C@@H](CO)N1C(=O)Cc1ccncc1. The minimum atomic E-state index is -0.605. The Hall–Kier alpha value is -3.49. The van der Waals surface area contributed by atoms with Gasteiger partial charge in [-0.15, -0.1) is 0 Å². The summed E-state index contributed by atoms with van der Waals surface area (Å²) in [6.07, 6.45) is 3.47. The zero-order chi connectivity index (χ0) is 20.2. The molecule has 0 bridgehead atoms. The monoisotopic (exact) mass is 383 g/mol. The summed E-state index contributed by atoms with van der Waals surface area (Å²) < 4.78 is 0. The van der Waals surface area contributed by atoms with Crippen LogP contribution in [0.25, 0.3) is 11.1 Å². The third kappa shape index (κ3) is 3.51. The number of nitrogens with zero attached hydrogens (tertiary/aromatic N) is 3. The third-order valence-corrected chi connectivity index (χ3v) is 5.53. The number of benzene rings is 2. The highest BCUT2D eigenvalue weighted by molar-refractivity contribution is 5.82. The molecule has 29 heavy (non-hydrogen) atoms. The molecule has 0 unspecified atom stereocenters. The van der Waals surface area contributed by atoms with Gasteiger partial charge in [-0.2, -0.15) is 5.26 Å². The highest BCUT2D eigenvalue weighted by atomic mass is 16.3. The number of amides is 1. The van der Waals surface area contributed by atoms with Crippen LogP contribution < -0.4 is 0 Å². The van der Waals surface area contributed by atoms with Gasteiger partial charge in [0.15, 0.2) is 0 Å². The highest BCUT2D eigenvalue weighted by Crippen LogP contribution is 2.44. The molecule has 5 heteroatoms. The van der Waals surface area contributed by atoms with Gasteiger partial charge in [-0.1, -0.05) is 54.6 Å². The number of rotatable bonds is 5. The number of carbonyl (C=O) groups is 1. The van der Waals surface area contributed by atoms with Gasteiger partial charge in [-0.3, -0.25) is 9.78 Å². The molecule has 1 aromatic heterocycles. The number of aromatic nitrogens is 1. The van der Waals surface area contributed by atoms with Gasteiger partial charge in [0.05, 0.1) is 25.1 Å². The van der Waals surface area contributed by atoms with Crippen molar-refractivity contribution in [1.29, 1.82) is 5.26 Å². The lowest BCUT2D eigenvalue weighted by Crippen LogP contribution is -2.65. The maximum absolute atomic E-state index is 12.9. The van der Waals surface area contributed by atoms with E-state index >= 15 is 0 Å². The summed E-state index contributed by atoms with van der Waals surface area (Å²) in [5, 5.41) is 19.9. The fourth-order valence-electron chi connectivity index (χ4n) is 4.16. The predicted molar refractivity (Wildman–Crippen MR) is 110 cm³/mol. The molecule has 0 aliphatic carbocycles. The Bertz CT molecular complexity index is 1030. The molecule has 1 fully saturated rings. The first-order valence-corrected chi connectivity index (χ1v) is 9.59. The van der Waals surface area contributed by atoms with Crippen molar-refractivity contribution in [2.24, 2.45) is 0 Å². The second kappa shape index (κ2) is 8.26. The zero-order valence-electron chi connectivity index (χ0n) is 15.8. The Morgan fingerprint density at radius 3 is 2.41 bits per heavy atom. The highest BCUT2D eigenvalue weighted by Gasteiger charge is 2.51. The van der Waals surface area contributed by atoms with E-state index in [4.69, 9.17) is 0 Å². The van der Waals surface area contributed by atoms with Crippen LogP contribution >= 0.6 is 0 Å². The predicted octanol–water partition coefficient (Wildman–Crippen LogP) is 3.17. The molecule has 2 heterocycles. The van der Waals surface area contributed by atoms with Crippen molar-refractivity contribution < 1.29 is 9.90 Å². The molecular weight excluding hydrogens is 362 g/mol. The van der Waals surface area contributed by atoms with Crippen molar-refractivity contribution in [3.05, 3.63) is 90.3 Å². The quantitative estimate of drug-likeness (QED) is 0.734. The molecule has 1 saturated heterocycles. The first-order valence-electron chi connectivity index (χ1n) is 9.59. The number of hydrogen-bond acceptors (Lipinski definition) is 4. The maximum Gasteiger partial charge on any atom is 0.228 e. The molecule has 3 atom stereocenters. The average Bonchev–Trinajstić information content (AvgIpc) is 2.75. The van der Waals surface area contributed by atoms with Gasteiger partial charge in [0.25, 0.3) is 0 Å². The van der Waals surface area contributed by atoms with E-state index in [9.17, 15) is 15.2 Å². The van der Waals surface area contributed by atoms with Crippen LogP contribution in [0.4, 0.5) is 0 Å². The minimum absolute atomic E-state index is 0.157. The number of hydrogen-bond donors (Lipinski definition) is 1. The number of carbonyl (C=O) groups excluding carboxylic acids is 1. The van der Waals surface area contributed by atoms with Crippen LogP contribution in [-0.4, -0.2) is 39.6 Å². The number of aliphatic hydroxyl groups excluding tert-OH is 1. The van der Waals surface area contributed by atoms with E-state index in [0.717, 1.165) is 22.3 Å². The van der Waals surface area contributed by atoms with Crippen molar-refractivity contribution in [1.82, 2.24) is 9.88 Å². The zero-order valence-corrected chi connectivity index (χ0v) is 15.8. The second-order valence-corrected chi connectivity index (χ2v) is 7.14. The Labute approximate surface area is 169 Å². The van der Waals surface area contributed by atoms with E-state index in [2.05, 4.69) is 11.1 Å². The van der Waals surface area contributed by atoms with E-state index in [1.165, 1.54) is 4.90 Å². The van der Waals surface area contributed by atoms with Gasteiger partial charge >= 0.3 is 0 Å². The summed E-state index contributed by atoms with van der Waals surface area (Å²) in [6.45, 7) is -0.186. The van der Waals surface area contributed by atoms with Crippen LogP contribution in [0.3, 0.4) is 0 Å². The van der Waals surface area contributed by atoms with Crippen LogP contribution in [0, 0.1) is 11.3 Å². The molecule has 1 aliphatic rings. The number of pyridine rings is 1.